The van der Waals surface area contributed by atoms with E-state index in [1.807, 2.05) is 61.5 Å². The van der Waals surface area contributed by atoms with Crippen LogP contribution in [0.3, 0.4) is 0 Å². The van der Waals surface area contributed by atoms with Gasteiger partial charge in [-0.2, -0.15) is 4.98 Å². The lowest BCUT2D eigenvalue weighted by molar-refractivity contribution is -0.113. The van der Waals surface area contributed by atoms with E-state index in [4.69, 9.17) is 31.2 Å². The molecule has 0 fully saturated rings. The molecule has 0 radical (unpaired) electrons. The Bertz CT molecular complexity index is 1470. The van der Waals surface area contributed by atoms with E-state index in [2.05, 4.69) is 10.6 Å². The number of methoxy groups -OCH3 is 2. The zero-order chi connectivity index (χ0) is 25.2. The molecule has 1 atom stereocenters. The summed E-state index contributed by atoms with van der Waals surface area (Å²) >= 11 is 6.21. The van der Waals surface area contributed by atoms with Gasteiger partial charge in [-0.05, 0) is 43.3 Å². The predicted octanol–water partition coefficient (Wildman–Crippen LogP) is 5.54. The third-order valence-electron chi connectivity index (χ3n) is 5.95. The molecule has 0 spiro atoms. The number of nitrogens with zero attached hydrogens (tertiary/aromatic N) is 3. The van der Waals surface area contributed by atoms with E-state index in [1.54, 1.807) is 37.1 Å². The second-order valence-electron chi connectivity index (χ2n) is 8.21. The molecule has 0 aliphatic carbocycles. The summed E-state index contributed by atoms with van der Waals surface area (Å²) in [6, 6.07) is 21.5. The molecule has 0 saturated carbocycles. The number of allylic oxidation sites excluding steroid dienone is 1. The molecule has 1 unspecified atom stereocenters. The molecule has 36 heavy (non-hydrogen) atoms. The summed E-state index contributed by atoms with van der Waals surface area (Å²) in [5.41, 5.74) is 3.33. The number of ether oxygens (including phenoxy) is 2. The first-order valence-electron chi connectivity index (χ1n) is 11.3. The molecule has 1 amide bonds. The Hall–Kier alpha value is -4.30. The standard InChI is InChI=1S/C27H24ClN5O3/c1-16-23(26(34)30-19-10-5-4-6-11-19)24(21-13-12-20(35-2)15-22(21)36-3)33-27(29-16)31-25(32-33)17-8-7-9-18(28)14-17/h4-15,24H,1-3H3,(H,30,34)(H,29,31,32). The van der Waals surface area contributed by atoms with Gasteiger partial charge in [0.1, 0.15) is 17.5 Å². The van der Waals surface area contributed by atoms with Gasteiger partial charge < -0.3 is 20.1 Å². The van der Waals surface area contributed by atoms with Crippen molar-refractivity contribution >= 4 is 29.1 Å². The molecular weight excluding hydrogens is 478 g/mol. The first-order chi connectivity index (χ1) is 17.5. The van der Waals surface area contributed by atoms with Gasteiger partial charge in [0.05, 0.1) is 19.8 Å². The largest absolute Gasteiger partial charge is 0.497 e. The summed E-state index contributed by atoms with van der Waals surface area (Å²) in [6.45, 7) is 1.85. The van der Waals surface area contributed by atoms with E-state index in [0.29, 0.717) is 45.3 Å². The number of halogens is 1. The maximum Gasteiger partial charge on any atom is 0.255 e. The van der Waals surface area contributed by atoms with Gasteiger partial charge >= 0.3 is 0 Å². The second-order valence-corrected chi connectivity index (χ2v) is 8.64. The third kappa shape index (κ3) is 4.38. The van der Waals surface area contributed by atoms with Crippen LogP contribution in [0.5, 0.6) is 11.5 Å². The highest BCUT2D eigenvalue weighted by Gasteiger charge is 2.36. The molecule has 1 aromatic heterocycles. The normalized spacial score (nSPS) is 14.6. The van der Waals surface area contributed by atoms with E-state index in [9.17, 15) is 4.79 Å². The van der Waals surface area contributed by atoms with Gasteiger partial charge in [0.25, 0.3) is 5.91 Å². The van der Waals surface area contributed by atoms with Crippen molar-refractivity contribution in [2.45, 2.75) is 13.0 Å². The average molecular weight is 502 g/mol. The monoisotopic (exact) mass is 501 g/mol. The minimum Gasteiger partial charge on any atom is -0.497 e. The number of benzene rings is 3. The summed E-state index contributed by atoms with van der Waals surface area (Å²) in [5, 5.41) is 11.6. The number of aromatic nitrogens is 3. The zero-order valence-corrected chi connectivity index (χ0v) is 20.7. The van der Waals surface area contributed by atoms with Crippen molar-refractivity contribution in [2.24, 2.45) is 0 Å². The Morgan fingerprint density at radius 3 is 2.56 bits per heavy atom. The number of anilines is 2. The van der Waals surface area contributed by atoms with E-state index in [0.717, 1.165) is 11.1 Å². The summed E-state index contributed by atoms with van der Waals surface area (Å²) in [6.07, 6.45) is 0. The lowest BCUT2D eigenvalue weighted by Crippen LogP contribution is -2.31. The molecule has 2 N–H and O–H groups in total. The van der Waals surface area contributed by atoms with Gasteiger partial charge in [-0.25, -0.2) is 4.68 Å². The van der Waals surface area contributed by atoms with Crippen molar-refractivity contribution < 1.29 is 14.3 Å². The smallest absolute Gasteiger partial charge is 0.255 e. The van der Waals surface area contributed by atoms with Crippen molar-refractivity contribution in [1.82, 2.24) is 14.8 Å². The van der Waals surface area contributed by atoms with E-state index < -0.39 is 6.04 Å². The van der Waals surface area contributed by atoms with Crippen LogP contribution in [-0.4, -0.2) is 34.9 Å². The molecule has 182 valence electrons. The van der Waals surface area contributed by atoms with Crippen LogP contribution < -0.4 is 20.1 Å². The Labute approximate surface area is 213 Å². The SMILES string of the molecule is COc1ccc(C2C(C(=O)Nc3ccccc3)=C(C)Nc3nc(-c4cccc(Cl)c4)nn32)c(OC)c1. The maximum absolute atomic E-state index is 13.7. The highest BCUT2D eigenvalue weighted by atomic mass is 35.5. The molecule has 0 saturated heterocycles. The first-order valence-corrected chi connectivity index (χ1v) is 11.6. The number of para-hydroxylation sites is 1. The molecular formula is C27H24ClN5O3. The molecule has 5 rings (SSSR count). The molecule has 1 aliphatic heterocycles. The van der Waals surface area contributed by atoms with Crippen molar-refractivity contribution in [3.63, 3.8) is 0 Å². The van der Waals surface area contributed by atoms with E-state index in [-0.39, 0.29) is 5.91 Å². The van der Waals surface area contributed by atoms with Crippen molar-refractivity contribution in [1.29, 1.82) is 0 Å². The minimum atomic E-state index is -0.619. The Kier molecular flexibility index (Phi) is 6.35. The Morgan fingerprint density at radius 2 is 1.83 bits per heavy atom. The minimum absolute atomic E-state index is 0.264. The van der Waals surface area contributed by atoms with Gasteiger partial charge in [0, 0.05) is 33.6 Å². The molecule has 4 aromatic rings. The summed E-state index contributed by atoms with van der Waals surface area (Å²) in [7, 11) is 3.17. The Morgan fingerprint density at radius 1 is 1.03 bits per heavy atom. The van der Waals surface area contributed by atoms with Crippen LogP contribution in [0.1, 0.15) is 18.5 Å². The number of rotatable bonds is 6. The predicted molar refractivity (Wildman–Crippen MR) is 140 cm³/mol. The van der Waals surface area contributed by atoms with Crippen LogP contribution >= 0.6 is 11.6 Å². The van der Waals surface area contributed by atoms with Crippen LogP contribution in [0, 0.1) is 0 Å². The fourth-order valence-corrected chi connectivity index (χ4v) is 4.44. The third-order valence-corrected chi connectivity index (χ3v) is 6.18. The van der Waals surface area contributed by atoms with Crippen LogP contribution in [-0.2, 0) is 4.79 Å². The lowest BCUT2D eigenvalue weighted by Gasteiger charge is -2.29. The molecule has 9 heteroatoms. The highest BCUT2D eigenvalue weighted by Crippen LogP contribution is 2.41. The van der Waals surface area contributed by atoms with Crippen LogP contribution in [0.25, 0.3) is 11.4 Å². The second kappa shape index (κ2) is 9.75. The number of carbonyl (C=O) groups is 1. The number of fused-ring (bicyclic) bond motifs is 1. The number of nitrogens with one attached hydrogen (secondary N) is 2. The topological polar surface area (TPSA) is 90.3 Å². The molecule has 1 aliphatic rings. The van der Waals surface area contributed by atoms with Gasteiger partial charge in [0.2, 0.25) is 5.95 Å². The summed E-state index contributed by atoms with van der Waals surface area (Å²) in [4.78, 5) is 18.4. The van der Waals surface area contributed by atoms with Gasteiger partial charge in [-0.1, -0.05) is 41.9 Å². The zero-order valence-electron chi connectivity index (χ0n) is 19.9. The van der Waals surface area contributed by atoms with Crippen molar-refractivity contribution in [2.75, 3.05) is 24.9 Å². The number of hydrogen-bond donors (Lipinski definition) is 2. The highest BCUT2D eigenvalue weighted by molar-refractivity contribution is 6.30. The van der Waals surface area contributed by atoms with E-state index >= 15 is 0 Å². The number of hydrogen-bond acceptors (Lipinski definition) is 6. The Balaban J connectivity index is 1.66. The fraction of sp³-hybridized carbons (Fsp3) is 0.148. The fourth-order valence-electron chi connectivity index (χ4n) is 4.25. The molecule has 8 nitrogen and oxygen atoms in total. The van der Waals surface area contributed by atoms with Crippen LogP contribution in [0.2, 0.25) is 5.02 Å². The van der Waals surface area contributed by atoms with Crippen LogP contribution in [0.4, 0.5) is 11.6 Å². The van der Waals surface area contributed by atoms with E-state index in [1.165, 1.54) is 0 Å². The summed E-state index contributed by atoms with van der Waals surface area (Å²) < 4.78 is 12.8. The van der Waals surface area contributed by atoms with Gasteiger partial charge in [0.15, 0.2) is 5.82 Å². The van der Waals surface area contributed by atoms with Crippen molar-refractivity contribution in [3.05, 3.63) is 94.7 Å². The average Bonchev–Trinajstić information content (AvgIpc) is 3.31. The first kappa shape index (κ1) is 23.4. The molecule has 3 aromatic carbocycles. The van der Waals surface area contributed by atoms with Gasteiger partial charge in [-0.3, -0.25) is 4.79 Å². The maximum atomic E-state index is 13.7. The lowest BCUT2D eigenvalue weighted by atomic mass is 9.94. The van der Waals surface area contributed by atoms with Crippen molar-refractivity contribution in [3.8, 4) is 22.9 Å². The number of amides is 1. The summed E-state index contributed by atoms with van der Waals surface area (Å²) in [5.74, 6) is 1.92. The number of carbonyl (C=O) groups excluding carboxylic acids is 1. The van der Waals surface area contributed by atoms with Gasteiger partial charge in [-0.15, -0.1) is 5.10 Å². The molecule has 2 heterocycles. The van der Waals surface area contributed by atoms with Crippen LogP contribution in [0.15, 0.2) is 84.1 Å². The quantitative estimate of drug-likeness (QED) is 0.360. The molecule has 0 bridgehead atoms.